The topological polar surface area (TPSA) is 30.5 Å². The quantitative estimate of drug-likeness (QED) is 0.821. The maximum atomic E-state index is 5.87. The first-order chi connectivity index (χ1) is 10.3. The van der Waals surface area contributed by atoms with Gasteiger partial charge in [0.15, 0.2) is 0 Å². The fourth-order valence-electron chi connectivity index (χ4n) is 2.46. The summed E-state index contributed by atoms with van der Waals surface area (Å²) in [6, 6.07) is 18.3. The van der Waals surface area contributed by atoms with Gasteiger partial charge in [-0.3, -0.25) is 0 Å². The van der Waals surface area contributed by atoms with Gasteiger partial charge in [-0.1, -0.05) is 24.3 Å². The van der Waals surface area contributed by atoms with Crippen molar-refractivity contribution in [2.75, 3.05) is 19.0 Å². The molecule has 1 aliphatic rings. The standard InChI is InChI=1S/C18H21NO2/c1-20-13-18(14-10-11-14)19-15-6-5-9-17(12-15)21-16-7-3-2-4-8-16/h2-9,12,14,18-19H,10-11,13H2,1H3. The van der Waals surface area contributed by atoms with Crippen LogP contribution in [-0.4, -0.2) is 19.8 Å². The van der Waals surface area contributed by atoms with Crippen LogP contribution >= 0.6 is 0 Å². The van der Waals surface area contributed by atoms with Gasteiger partial charge in [0, 0.05) is 18.9 Å². The molecule has 3 heteroatoms. The van der Waals surface area contributed by atoms with E-state index < -0.39 is 0 Å². The van der Waals surface area contributed by atoms with E-state index in [9.17, 15) is 0 Å². The Morgan fingerprint density at radius 1 is 1.05 bits per heavy atom. The summed E-state index contributed by atoms with van der Waals surface area (Å²) < 4.78 is 11.2. The van der Waals surface area contributed by atoms with Crippen molar-refractivity contribution < 1.29 is 9.47 Å². The minimum Gasteiger partial charge on any atom is -0.457 e. The molecule has 1 saturated carbocycles. The van der Waals surface area contributed by atoms with Crippen molar-refractivity contribution in [2.45, 2.75) is 18.9 Å². The maximum Gasteiger partial charge on any atom is 0.129 e. The number of ether oxygens (including phenoxy) is 2. The van der Waals surface area contributed by atoms with Gasteiger partial charge in [0.05, 0.1) is 12.6 Å². The van der Waals surface area contributed by atoms with Crippen molar-refractivity contribution in [3.05, 3.63) is 54.6 Å². The Bertz CT molecular complexity index is 566. The SMILES string of the molecule is COCC(Nc1cccc(Oc2ccccc2)c1)C1CC1. The highest BCUT2D eigenvalue weighted by molar-refractivity contribution is 5.50. The number of nitrogens with one attached hydrogen (secondary N) is 1. The maximum absolute atomic E-state index is 5.87. The van der Waals surface area contributed by atoms with Gasteiger partial charge in [0.25, 0.3) is 0 Å². The highest BCUT2D eigenvalue weighted by atomic mass is 16.5. The Labute approximate surface area is 125 Å². The summed E-state index contributed by atoms with van der Waals surface area (Å²) in [7, 11) is 1.76. The van der Waals surface area contributed by atoms with Gasteiger partial charge < -0.3 is 14.8 Å². The molecule has 0 heterocycles. The van der Waals surface area contributed by atoms with E-state index in [2.05, 4.69) is 11.4 Å². The number of benzene rings is 2. The second-order valence-corrected chi connectivity index (χ2v) is 5.49. The van der Waals surface area contributed by atoms with Crippen molar-refractivity contribution in [3.63, 3.8) is 0 Å². The Hall–Kier alpha value is -2.00. The van der Waals surface area contributed by atoms with Gasteiger partial charge in [-0.15, -0.1) is 0 Å². The van der Waals surface area contributed by atoms with Crippen molar-refractivity contribution in [1.29, 1.82) is 0 Å². The first kappa shape index (κ1) is 14.0. The molecule has 1 atom stereocenters. The first-order valence-electron chi connectivity index (χ1n) is 7.43. The summed E-state index contributed by atoms with van der Waals surface area (Å²) in [6.45, 7) is 0.744. The minimum atomic E-state index is 0.391. The first-order valence-corrected chi connectivity index (χ1v) is 7.43. The predicted octanol–water partition coefficient (Wildman–Crippen LogP) is 4.32. The molecule has 0 amide bonds. The molecule has 21 heavy (non-hydrogen) atoms. The monoisotopic (exact) mass is 283 g/mol. The lowest BCUT2D eigenvalue weighted by Gasteiger charge is -2.19. The van der Waals surface area contributed by atoms with Crippen LogP contribution in [0.2, 0.25) is 0 Å². The summed E-state index contributed by atoms with van der Waals surface area (Å²) in [5.41, 5.74) is 1.08. The second-order valence-electron chi connectivity index (χ2n) is 5.49. The molecule has 0 saturated heterocycles. The van der Waals surface area contributed by atoms with Crippen molar-refractivity contribution >= 4 is 5.69 Å². The third kappa shape index (κ3) is 3.99. The van der Waals surface area contributed by atoms with Gasteiger partial charge in [-0.05, 0) is 43.0 Å². The summed E-state index contributed by atoms with van der Waals surface area (Å²) in [5, 5.41) is 3.56. The summed E-state index contributed by atoms with van der Waals surface area (Å²) in [5.74, 6) is 2.44. The molecule has 0 spiro atoms. The van der Waals surface area contributed by atoms with Crippen LogP contribution < -0.4 is 10.1 Å². The molecule has 0 bridgehead atoms. The summed E-state index contributed by atoms with van der Waals surface area (Å²) in [4.78, 5) is 0. The zero-order valence-corrected chi connectivity index (χ0v) is 12.3. The molecule has 2 aromatic carbocycles. The molecule has 3 nitrogen and oxygen atoms in total. The molecule has 1 fully saturated rings. The third-order valence-electron chi connectivity index (χ3n) is 3.70. The number of hydrogen-bond donors (Lipinski definition) is 1. The number of methoxy groups -OCH3 is 1. The van der Waals surface area contributed by atoms with E-state index in [4.69, 9.17) is 9.47 Å². The Morgan fingerprint density at radius 2 is 1.81 bits per heavy atom. The van der Waals surface area contributed by atoms with Crippen molar-refractivity contribution in [3.8, 4) is 11.5 Å². The largest absolute Gasteiger partial charge is 0.457 e. The number of anilines is 1. The zero-order chi connectivity index (χ0) is 14.5. The molecule has 0 aliphatic heterocycles. The van der Waals surface area contributed by atoms with E-state index in [0.29, 0.717) is 6.04 Å². The molecular weight excluding hydrogens is 262 g/mol. The van der Waals surface area contributed by atoms with Crippen LogP contribution in [0.3, 0.4) is 0 Å². The highest BCUT2D eigenvalue weighted by Gasteiger charge is 2.31. The Balaban J connectivity index is 1.67. The van der Waals surface area contributed by atoms with Crippen LogP contribution in [0.4, 0.5) is 5.69 Å². The fraction of sp³-hybridized carbons (Fsp3) is 0.333. The Morgan fingerprint density at radius 3 is 2.52 bits per heavy atom. The lowest BCUT2D eigenvalue weighted by atomic mass is 10.2. The normalized spacial score (nSPS) is 15.5. The van der Waals surface area contributed by atoms with E-state index >= 15 is 0 Å². The van der Waals surface area contributed by atoms with Crippen LogP contribution in [0.25, 0.3) is 0 Å². The van der Waals surface area contributed by atoms with E-state index in [1.54, 1.807) is 7.11 Å². The van der Waals surface area contributed by atoms with Crippen LogP contribution in [0.15, 0.2) is 54.6 Å². The highest BCUT2D eigenvalue weighted by Crippen LogP contribution is 2.35. The molecule has 3 rings (SSSR count). The average Bonchev–Trinajstić information content (AvgIpc) is 3.33. The predicted molar refractivity (Wildman–Crippen MR) is 85.0 cm³/mol. The van der Waals surface area contributed by atoms with Gasteiger partial charge in [-0.2, -0.15) is 0 Å². The van der Waals surface area contributed by atoms with Crippen molar-refractivity contribution in [1.82, 2.24) is 0 Å². The van der Waals surface area contributed by atoms with Gasteiger partial charge in [0.2, 0.25) is 0 Å². The summed E-state index contributed by atoms with van der Waals surface area (Å²) >= 11 is 0. The van der Waals surface area contributed by atoms with E-state index in [-0.39, 0.29) is 0 Å². The number of para-hydroxylation sites is 1. The fourth-order valence-corrected chi connectivity index (χ4v) is 2.46. The minimum absolute atomic E-state index is 0.391. The summed E-state index contributed by atoms with van der Waals surface area (Å²) in [6.07, 6.45) is 2.59. The molecule has 0 radical (unpaired) electrons. The van der Waals surface area contributed by atoms with Crippen molar-refractivity contribution in [2.24, 2.45) is 5.92 Å². The number of hydrogen-bond acceptors (Lipinski definition) is 3. The number of rotatable bonds is 7. The third-order valence-corrected chi connectivity index (χ3v) is 3.70. The van der Waals surface area contributed by atoms with Gasteiger partial charge >= 0.3 is 0 Å². The lowest BCUT2D eigenvalue weighted by molar-refractivity contribution is 0.179. The zero-order valence-electron chi connectivity index (χ0n) is 12.3. The van der Waals surface area contributed by atoms with Crippen LogP contribution in [0.1, 0.15) is 12.8 Å². The molecule has 110 valence electrons. The van der Waals surface area contributed by atoms with Crippen LogP contribution in [-0.2, 0) is 4.74 Å². The Kier molecular flexibility index (Phi) is 4.41. The molecule has 1 aliphatic carbocycles. The van der Waals surface area contributed by atoms with Gasteiger partial charge in [-0.25, -0.2) is 0 Å². The van der Waals surface area contributed by atoms with Crippen LogP contribution in [0.5, 0.6) is 11.5 Å². The lowest BCUT2D eigenvalue weighted by Crippen LogP contribution is -2.27. The van der Waals surface area contributed by atoms with E-state index in [1.165, 1.54) is 12.8 Å². The smallest absolute Gasteiger partial charge is 0.129 e. The molecule has 2 aromatic rings. The van der Waals surface area contributed by atoms with Crippen LogP contribution in [0, 0.1) is 5.92 Å². The van der Waals surface area contributed by atoms with E-state index in [1.807, 2.05) is 48.5 Å². The molecule has 1 unspecified atom stereocenters. The van der Waals surface area contributed by atoms with E-state index in [0.717, 1.165) is 29.7 Å². The molecule has 1 N–H and O–H groups in total. The molecular formula is C18H21NO2. The molecule has 0 aromatic heterocycles. The van der Waals surface area contributed by atoms with Gasteiger partial charge in [0.1, 0.15) is 11.5 Å². The average molecular weight is 283 g/mol. The second kappa shape index (κ2) is 6.64.